The van der Waals surface area contributed by atoms with Crippen LogP contribution >= 0.6 is 0 Å². The van der Waals surface area contributed by atoms with Crippen LogP contribution in [0.15, 0.2) is 76.8 Å². The van der Waals surface area contributed by atoms with Crippen LogP contribution in [0.1, 0.15) is 36.1 Å². The Morgan fingerprint density at radius 1 is 1.00 bits per heavy atom. The lowest BCUT2D eigenvalue weighted by Gasteiger charge is -2.34. The molecule has 0 radical (unpaired) electrons. The molecule has 9 nitrogen and oxygen atoms in total. The van der Waals surface area contributed by atoms with E-state index in [1.807, 2.05) is 42.5 Å². The number of carbonyl (C=O) groups is 1. The van der Waals surface area contributed by atoms with Crippen molar-refractivity contribution < 1.29 is 18.7 Å². The minimum absolute atomic E-state index is 0.0289. The maximum absolute atomic E-state index is 13.6. The van der Waals surface area contributed by atoms with Gasteiger partial charge in [-0.25, -0.2) is 4.68 Å². The number of hydrogen-bond donors (Lipinski definition) is 1. The number of ketones is 1. The SMILES string of the molecule is O=C1CC(c2ccco2)CC2=C1C(c1ccc3c(c1)OCCO3)n1nc(-c3ccncc3)nc1N2. The number of aromatic nitrogens is 4. The lowest BCUT2D eigenvalue weighted by molar-refractivity contribution is -0.117. The van der Waals surface area contributed by atoms with E-state index in [-0.39, 0.29) is 11.7 Å². The van der Waals surface area contributed by atoms with Crippen molar-refractivity contribution in [2.45, 2.75) is 24.8 Å². The number of nitrogens with zero attached hydrogens (tertiary/aromatic N) is 4. The van der Waals surface area contributed by atoms with Crippen LogP contribution in [0.4, 0.5) is 5.95 Å². The number of pyridine rings is 1. The van der Waals surface area contributed by atoms with Gasteiger partial charge in [0.05, 0.1) is 6.26 Å². The molecule has 0 saturated heterocycles. The quantitative estimate of drug-likeness (QED) is 0.480. The summed E-state index contributed by atoms with van der Waals surface area (Å²) in [5.74, 6) is 3.36. The summed E-state index contributed by atoms with van der Waals surface area (Å²) in [5.41, 5.74) is 3.29. The molecule has 1 aliphatic carbocycles. The minimum atomic E-state index is -0.440. The standard InChI is InChI=1S/C26H21N5O4/c32-19-13-17(20-2-1-9-33-20)12-18-23(19)24(16-3-4-21-22(14-16)35-11-10-34-21)31-26(28-18)29-25(30-31)15-5-7-27-8-6-15/h1-9,14,17,24H,10-13H2,(H,28,29,30). The van der Waals surface area contributed by atoms with Gasteiger partial charge in [0, 0.05) is 41.6 Å². The van der Waals surface area contributed by atoms with Crippen LogP contribution in [0.5, 0.6) is 11.5 Å². The molecular formula is C26H21N5O4. The molecule has 1 aromatic carbocycles. The molecule has 2 atom stereocenters. The number of benzene rings is 1. The number of allylic oxidation sites excluding steroid dienone is 2. The van der Waals surface area contributed by atoms with Gasteiger partial charge in [0.25, 0.3) is 0 Å². The van der Waals surface area contributed by atoms with Crippen molar-refractivity contribution in [3.63, 3.8) is 0 Å². The first kappa shape index (κ1) is 20.0. The van der Waals surface area contributed by atoms with Gasteiger partial charge >= 0.3 is 0 Å². The van der Waals surface area contributed by atoms with Crippen LogP contribution < -0.4 is 14.8 Å². The maximum Gasteiger partial charge on any atom is 0.226 e. The predicted molar refractivity (Wildman–Crippen MR) is 125 cm³/mol. The van der Waals surface area contributed by atoms with E-state index in [2.05, 4.69) is 10.3 Å². The Labute approximate surface area is 200 Å². The van der Waals surface area contributed by atoms with E-state index in [0.29, 0.717) is 54.9 Å². The van der Waals surface area contributed by atoms with Gasteiger partial charge in [-0.3, -0.25) is 9.78 Å². The molecule has 0 spiro atoms. The normalized spacial score (nSPS) is 20.7. The van der Waals surface area contributed by atoms with E-state index in [9.17, 15) is 4.79 Å². The number of rotatable bonds is 3. The first-order valence-corrected chi connectivity index (χ1v) is 11.6. The van der Waals surface area contributed by atoms with Crippen LogP contribution in [0, 0.1) is 0 Å². The minimum Gasteiger partial charge on any atom is -0.486 e. The molecule has 0 bridgehead atoms. The van der Waals surface area contributed by atoms with E-state index in [0.717, 1.165) is 22.6 Å². The van der Waals surface area contributed by atoms with Gasteiger partial charge in [0.1, 0.15) is 25.0 Å². The molecule has 1 N–H and O–H groups in total. The summed E-state index contributed by atoms with van der Waals surface area (Å²) < 4.78 is 19.0. The molecule has 0 saturated carbocycles. The summed E-state index contributed by atoms with van der Waals surface area (Å²) in [4.78, 5) is 22.5. The zero-order valence-corrected chi connectivity index (χ0v) is 18.7. The molecule has 0 amide bonds. The highest BCUT2D eigenvalue weighted by atomic mass is 16.6. The fourth-order valence-corrected chi connectivity index (χ4v) is 5.10. The Kier molecular flexibility index (Phi) is 4.48. The maximum atomic E-state index is 13.6. The second-order valence-electron chi connectivity index (χ2n) is 8.81. The molecule has 174 valence electrons. The second kappa shape index (κ2) is 7.83. The van der Waals surface area contributed by atoms with Crippen LogP contribution in [-0.2, 0) is 4.79 Å². The van der Waals surface area contributed by atoms with Gasteiger partial charge < -0.3 is 19.2 Å². The summed E-state index contributed by atoms with van der Waals surface area (Å²) in [7, 11) is 0. The van der Waals surface area contributed by atoms with Crippen molar-refractivity contribution in [2.24, 2.45) is 0 Å². The fraction of sp³-hybridized carbons (Fsp3) is 0.231. The Morgan fingerprint density at radius 3 is 2.69 bits per heavy atom. The number of ether oxygens (including phenoxy) is 2. The van der Waals surface area contributed by atoms with E-state index in [1.165, 1.54) is 0 Å². The van der Waals surface area contributed by atoms with E-state index >= 15 is 0 Å². The predicted octanol–water partition coefficient (Wildman–Crippen LogP) is 4.12. The number of nitrogens with one attached hydrogen (secondary N) is 1. The van der Waals surface area contributed by atoms with Crippen molar-refractivity contribution >= 4 is 11.7 Å². The number of Topliss-reactive ketones (excluding diaryl/α,β-unsaturated/α-hetero) is 1. The summed E-state index contributed by atoms with van der Waals surface area (Å²) in [6, 6.07) is 12.9. The van der Waals surface area contributed by atoms with Crippen molar-refractivity contribution in [1.29, 1.82) is 0 Å². The van der Waals surface area contributed by atoms with Crippen LogP contribution in [-0.4, -0.2) is 38.7 Å². The number of fused-ring (bicyclic) bond motifs is 2. The van der Waals surface area contributed by atoms with Crippen LogP contribution in [0.25, 0.3) is 11.4 Å². The molecule has 5 heterocycles. The largest absolute Gasteiger partial charge is 0.486 e. The molecule has 7 rings (SSSR count). The summed E-state index contributed by atoms with van der Waals surface area (Å²) in [6.07, 6.45) is 6.08. The van der Waals surface area contributed by atoms with Gasteiger partial charge in [0.15, 0.2) is 23.1 Å². The zero-order chi connectivity index (χ0) is 23.4. The summed E-state index contributed by atoms with van der Waals surface area (Å²) in [6.45, 7) is 1.01. The third-order valence-electron chi connectivity index (χ3n) is 6.69. The average Bonchev–Trinajstić information content (AvgIpc) is 3.58. The van der Waals surface area contributed by atoms with Crippen molar-refractivity contribution in [1.82, 2.24) is 19.7 Å². The van der Waals surface area contributed by atoms with E-state index in [4.69, 9.17) is 24.0 Å². The molecule has 3 aromatic heterocycles. The second-order valence-corrected chi connectivity index (χ2v) is 8.81. The number of hydrogen-bond acceptors (Lipinski definition) is 8. The van der Waals surface area contributed by atoms with E-state index < -0.39 is 6.04 Å². The zero-order valence-electron chi connectivity index (χ0n) is 18.7. The number of furan rings is 1. The summed E-state index contributed by atoms with van der Waals surface area (Å²) in [5, 5.41) is 8.23. The van der Waals surface area contributed by atoms with Crippen molar-refractivity contribution in [3.05, 3.63) is 83.7 Å². The van der Waals surface area contributed by atoms with Gasteiger partial charge in [-0.2, -0.15) is 4.98 Å². The Hall–Kier alpha value is -4.40. The van der Waals surface area contributed by atoms with Gasteiger partial charge in [-0.15, -0.1) is 5.10 Å². The highest BCUT2D eigenvalue weighted by molar-refractivity contribution is 6.00. The molecule has 3 aliphatic rings. The van der Waals surface area contributed by atoms with E-state index in [1.54, 1.807) is 23.3 Å². The molecule has 2 unspecified atom stereocenters. The van der Waals surface area contributed by atoms with Gasteiger partial charge in [0.2, 0.25) is 5.95 Å². The summed E-state index contributed by atoms with van der Waals surface area (Å²) >= 11 is 0. The lowest BCUT2D eigenvalue weighted by atomic mass is 9.79. The Bertz CT molecular complexity index is 1460. The van der Waals surface area contributed by atoms with Crippen molar-refractivity contribution in [3.8, 4) is 22.9 Å². The Morgan fingerprint density at radius 2 is 1.86 bits per heavy atom. The fourth-order valence-electron chi connectivity index (χ4n) is 5.10. The van der Waals surface area contributed by atoms with Crippen LogP contribution in [0.2, 0.25) is 0 Å². The third-order valence-corrected chi connectivity index (χ3v) is 6.69. The highest BCUT2D eigenvalue weighted by Crippen LogP contribution is 2.46. The van der Waals surface area contributed by atoms with Crippen molar-refractivity contribution in [2.75, 3.05) is 18.5 Å². The highest BCUT2D eigenvalue weighted by Gasteiger charge is 2.40. The number of anilines is 1. The lowest BCUT2D eigenvalue weighted by Crippen LogP contribution is -2.33. The topological polar surface area (TPSA) is 104 Å². The first-order valence-electron chi connectivity index (χ1n) is 11.6. The van der Waals surface area contributed by atoms with Gasteiger partial charge in [-0.1, -0.05) is 6.07 Å². The Balaban J connectivity index is 1.37. The van der Waals surface area contributed by atoms with Crippen LogP contribution in [0.3, 0.4) is 0 Å². The molecule has 0 fully saturated rings. The first-order chi connectivity index (χ1) is 17.2. The molecule has 2 aliphatic heterocycles. The van der Waals surface area contributed by atoms with Gasteiger partial charge in [-0.05, 0) is 48.4 Å². The molecule has 35 heavy (non-hydrogen) atoms. The molecule has 9 heteroatoms. The third kappa shape index (κ3) is 3.30. The molecular weight excluding hydrogens is 446 g/mol. The molecule has 4 aromatic rings. The average molecular weight is 467 g/mol. The monoisotopic (exact) mass is 467 g/mol. The smallest absolute Gasteiger partial charge is 0.226 e. The number of carbonyl (C=O) groups excluding carboxylic acids is 1.